The Hall–Kier alpha value is -1.76. The van der Waals surface area contributed by atoms with Crippen LogP contribution in [0.25, 0.3) is 11.1 Å². The number of phenolic OH excluding ortho intramolecular Hbond substituents is 1. The van der Waals surface area contributed by atoms with E-state index in [2.05, 4.69) is 39.8 Å². The number of rotatable bonds is 2. The summed E-state index contributed by atoms with van der Waals surface area (Å²) in [7, 11) is 0. The van der Waals surface area contributed by atoms with Gasteiger partial charge in [-0.3, -0.25) is 0 Å². The molecule has 1 N–H and O–H groups in total. The molecule has 0 radical (unpaired) electrons. The Morgan fingerprint density at radius 2 is 1.50 bits per heavy atom. The van der Waals surface area contributed by atoms with E-state index in [4.69, 9.17) is 0 Å². The third-order valence-corrected chi connectivity index (χ3v) is 3.58. The van der Waals surface area contributed by atoms with Gasteiger partial charge in [0.2, 0.25) is 0 Å². The van der Waals surface area contributed by atoms with Gasteiger partial charge in [0, 0.05) is 5.56 Å². The number of aryl methyl sites for hydroxylation is 1. The van der Waals surface area contributed by atoms with Gasteiger partial charge < -0.3 is 5.11 Å². The van der Waals surface area contributed by atoms with Crippen LogP contribution < -0.4 is 0 Å². The topological polar surface area (TPSA) is 20.2 Å². The van der Waals surface area contributed by atoms with E-state index in [-0.39, 0.29) is 0 Å². The van der Waals surface area contributed by atoms with E-state index >= 15 is 0 Å². The van der Waals surface area contributed by atoms with Gasteiger partial charge in [-0.05, 0) is 42.0 Å². The van der Waals surface area contributed by atoms with E-state index in [1.54, 1.807) is 0 Å². The molecule has 0 aliphatic heterocycles. The lowest BCUT2D eigenvalue weighted by atomic mass is 9.92. The minimum Gasteiger partial charge on any atom is -0.507 e. The molecule has 0 bridgehead atoms. The first-order chi connectivity index (χ1) is 8.52. The molecule has 94 valence electrons. The molecule has 0 aliphatic rings. The molecular formula is C17H20O. The lowest BCUT2D eigenvalue weighted by Gasteiger charge is -2.15. The summed E-state index contributed by atoms with van der Waals surface area (Å²) in [6.45, 7) is 8.40. The number of phenols is 1. The van der Waals surface area contributed by atoms with Gasteiger partial charge >= 0.3 is 0 Å². The van der Waals surface area contributed by atoms with Gasteiger partial charge in [-0.25, -0.2) is 0 Å². The molecule has 1 nitrogen and oxygen atoms in total. The summed E-state index contributed by atoms with van der Waals surface area (Å²) < 4.78 is 0. The van der Waals surface area contributed by atoms with Crippen molar-refractivity contribution in [3.8, 4) is 16.9 Å². The van der Waals surface area contributed by atoms with Crippen LogP contribution in [0.5, 0.6) is 5.75 Å². The Kier molecular flexibility index (Phi) is 3.42. The molecule has 2 aromatic carbocycles. The van der Waals surface area contributed by atoms with Crippen molar-refractivity contribution in [3.63, 3.8) is 0 Å². The number of para-hydroxylation sites is 1. The summed E-state index contributed by atoms with van der Waals surface area (Å²) >= 11 is 0. The van der Waals surface area contributed by atoms with E-state index in [1.807, 2.05) is 24.3 Å². The van der Waals surface area contributed by atoms with Gasteiger partial charge in [-0.2, -0.15) is 0 Å². The van der Waals surface area contributed by atoms with Crippen molar-refractivity contribution in [1.82, 2.24) is 0 Å². The van der Waals surface area contributed by atoms with Crippen molar-refractivity contribution in [1.29, 1.82) is 0 Å². The van der Waals surface area contributed by atoms with Crippen molar-refractivity contribution in [2.45, 2.75) is 33.6 Å². The normalized spacial score (nSPS) is 10.9. The molecule has 0 aromatic heterocycles. The Morgan fingerprint density at radius 3 is 2.17 bits per heavy atom. The first-order valence-electron chi connectivity index (χ1n) is 6.41. The molecular weight excluding hydrogens is 220 g/mol. The lowest BCUT2D eigenvalue weighted by Crippen LogP contribution is -1.92. The summed E-state index contributed by atoms with van der Waals surface area (Å²) in [4.78, 5) is 0. The monoisotopic (exact) mass is 240 g/mol. The van der Waals surface area contributed by atoms with Crippen LogP contribution in [0.4, 0.5) is 0 Å². The zero-order valence-electron chi connectivity index (χ0n) is 11.5. The molecule has 0 amide bonds. The average Bonchev–Trinajstić information content (AvgIpc) is 2.33. The van der Waals surface area contributed by atoms with Crippen molar-refractivity contribution < 1.29 is 5.11 Å². The van der Waals surface area contributed by atoms with Crippen molar-refractivity contribution in [3.05, 3.63) is 53.1 Å². The minimum absolute atomic E-state index is 0.329. The summed E-state index contributed by atoms with van der Waals surface area (Å²) in [5.41, 5.74) is 5.54. The van der Waals surface area contributed by atoms with Crippen molar-refractivity contribution >= 4 is 0 Å². The van der Waals surface area contributed by atoms with Gasteiger partial charge in [0.1, 0.15) is 5.75 Å². The van der Waals surface area contributed by atoms with Crippen molar-refractivity contribution in [2.24, 2.45) is 0 Å². The Bertz CT molecular complexity index is 568. The highest BCUT2D eigenvalue weighted by molar-refractivity contribution is 5.75. The van der Waals surface area contributed by atoms with E-state index in [0.29, 0.717) is 11.7 Å². The SMILES string of the molecule is Cc1cccc(-c2cccc(C(C)C)c2O)c1C. The maximum Gasteiger partial charge on any atom is 0.126 e. The van der Waals surface area contributed by atoms with Crippen LogP contribution in [-0.2, 0) is 0 Å². The standard InChI is InChI=1S/C17H20O/c1-11(2)14-8-6-10-16(17(14)18)15-9-5-7-12(3)13(15)4/h5-11,18H,1-4H3. The van der Waals surface area contributed by atoms with E-state index in [0.717, 1.165) is 16.7 Å². The van der Waals surface area contributed by atoms with Crippen LogP contribution >= 0.6 is 0 Å². The molecule has 0 atom stereocenters. The largest absolute Gasteiger partial charge is 0.507 e. The van der Waals surface area contributed by atoms with Crippen LogP contribution in [0, 0.1) is 13.8 Å². The molecule has 0 saturated heterocycles. The number of aromatic hydroxyl groups is 1. The maximum atomic E-state index is 10.4. The summed E-state index contributed by atoms with van der Waals surface area (Å²) in [5.74, 6) is 0.747. The van der Waals surface area contributed by atoms with Crippen LogP contribution in [0.1, 0.15) is 36.5 Å². The zero-order valence-corrected chi connectivity index (χ0v) is 11.5. The third-order valence-electron chi connectivity index (χ3n) is 3.58. The smallest absolute Gasteiger partial charge is 0.126 e. The van der Waals surface area contributed by atoms with Gasteiger partial charge in [-0.15, -0.1) is 0 Å². The fourth-order valence-corrected chi connectivity index (χ4v) is 2.29. The van der Waals surface area contributed by atoms with Gasteiger partial charge in [0.15, 0.2) is 0 Å². The molecule has 0 spiro atoms. The van der Waals surface area contributed by atoms with Crippen LogP contribution in [-0.4, -0.2) is 5.11 Å². The molecule has 0 fully saturated rings. The Balaban J connectivity index is 2.65. The fraction of sp³-hybridized carbons (Fsp3) is 0.294. The van der Waals surface area contributed by atoms with Crippen LogP contribution in [0.15, 0.2) is 36.4 Å². The predicted octanol–water partition coefficient (Wildman–Crippen LogP) is 4.80. The first kappa shape index (κ1) is 12.7. The van der Waals surface area contributed by atoms with Crippen molar-refractivity contribution in [2.75, 3.05) is 0 Å². The van der Waals surface area contributed by atoms with E-state index in [9.17, 15) is 5.11 Å². The van der Waals surface area contributed by atoms with E-state index in [1.165, 1.54) is 11.1 Å². The van der Waals surface area contributed by atoms with E-state index < -0.39 is 0 Å². The fourth-order valence-electron chi connectivity index (χ4n) is 2.29. The third kappa shape index (κ3) is 2.13. The molecule has 2 aromatic rings. The molecule has 0 aliphatic carbocycles. The first-order valence-corrected chi connectivity index (χ1v) is 6.41. The molecule has 0 saturated carbocycles. The minimum atomic E-state index is 0.329. The summed E-state index contributed by atoms with van der Waals surface area (Å²) in [5, 5.41) is 10.4. The molecule has 0 unspecified atom stereocenters. The number of benzene rings is 2. The second-order valence-electron chi connectivity index (χ2n) is 5.15. The highest BCUT2D eigenvalue weighted by atomic mass is 16.3. The summed E-state index contributed by atoms with van der Waals surface area (Å²) in [6.07, 6.45) is 0. The predicted molar refractivity (Wildman–Crippen MR) is 77.1 cm³/mol. The maximum absolute atomic E-state index is 10.4. The lowest BCUT2D eigenvalue weighted by molar-refractivity contribution is 0.467. The quantitative estimate of drug-likeness (QED) is 0.799. The van der Waals surface area contributed by atoms with Crippen LogP contribution in [0.3, 0.4) is 0 Å². The number of hydrogen-bond donors (Lipinski definition) is 1. The molecule has 18 heavy (non-hydrogen) atoms. The molecule has 2 rings (SSSR count). The average molecular weight is 240 g/mol. The highest BCUT2D eigenvalue weighted by Crippen LogP contribution is 2.37. The molecule has 1 heteroatoms. The second kappa shape index (κ2) is 4.85. The highest BCUT2D eigenvalue weighted by Gasteiger charge is 2.13. The van der Waals surface area contributed by atoms with Gasteiger partial charge in [-0.1, -0.05) is 50.2 Å². The van der Waals surface area contributed by atoms with Crippen LogP contribution in [0.2, 0.25) is 0 Å². The number of hydrogen-bond acceptors (Lipinski definition) is 1. The summed E-state index contributed by atoms with van der Waals surface area (Å²) in [6, 6.07) is 12.2. The second-order valence-corrected chi connectivity index (χ2v) is 5.15. The Labute approximate surface area is 109 Å². The Morgan fingerprint density at radius 1 is 0.889 bits per heavy atom. The zero-order chi connectivity index (χ0) is 13.3. The molecule has 0 heterocycles. The van der Waals surface area contributed by atoms with Gasteiger partial charge in [0.25, 0.3) is 0 Å². The van der Waals surface area contributed by atoms with Gasteiger partial charge in [0.05, 0.1) is 0 Å².